The van der Waals surface area contributed by atoms with E-state index in [0.29, 0.717) is 11.2 Å². The van der Waals surface area contributed by atoms with Gasteiger partial charge in [-0.25, -0.2) is 4.98 Å². The molecule has 0 aliphatic heterocycles. The molecule has 30 heavy (non-hydrogen) atoms. The number of allylic oxidation sites excluding steroid dienone is 2. The van der Waals surface area contributed by atoms with Crippen LogP contribution in [0.3, 0.4) is 0 Å². The molecule has 4 nitrogen and oxygen atoms in total. The highest BCUT2D eigenvalue weighted by Crippen LogP contribution is 2.22. The quantitative estimate of drug-likeness (QED) is 0.350. The zero-order chi connectivity index (χ0) is 22.7. The molecule has 0 aliphatic carbocycles. The second kappa shape index (κ2) is 12.8. The molecule has 2 aromatic rings. The first-order valence-electron chi connectivity index (χ1n) is 10.4. The molecule has 2 radical (unpaired) electrons. The average Bonchev–Trinajstić information content (AvgIpc) is 2.70. The van der Waals surface area contributed by atoms with Crippen molar-refractivity contribution in [3.8, 4) is 0 Å². The van der Waals surface area contributed by atoms with Crippen molar-refractivity contribution in [1.82, 2.24) is 4.98 Å². The van der Waals surface area contributed by atoms with Crippen LogP contribution in [0, 0.1) is 18.3 Å². The molecule has 1 aromatic heterocycles. The maximum atomic E-state index is 7.79. The molecule has 0 bridgehead atoms. The van der Waals surface area contributed by atoms with Gasteiger partial charge >= 0.3 is 0 Å². The van der Waals surface area contributed by atoms with Gasteiger partial charge in [-0.3, -0.25) is 4.99 Å². The number of anilines is 1. The standard InChI is InChI=1S/C14H19BN4.C11H16/c1-8-6-12(13(9(2)15)10(3)16)7-18-14(8)19-11(4)17-5;1-3-10(2)9-11-7-5-4-6-8-11/h6-7,16H,1-5H3,(H,17,18,19);4-8,10H,3,9H2,1-2H3/b13-9+,16-10?;/t;10-/m.1/s1. The number of nitrogens with one attached hydrogen (secondary N) is 2. The normalized spacial score (nSPS) is 13.0. The summed E-state index contributed by atoms with van der Waals surface area (Å²) in [7, 11) is 7.56. The van der Waals surface area contributed by atoms with Crippen LogP contribution in [0.15, 0.2) is 53.1 Å². The summed E-state index contributed by atoms with van der Waals surface area (Å²) in [4.78, 5) is 8.41. The highest BCUT2D eigenvalue weighted by atomic mass is 15.0. The van der Waals surface area contributed by atoms with Crippen LogP contribution in [0.5, 0.6) is 0 Å². The summed E-state index contributed by atoms with van der Waals surface area (Å²) in [6.07, 6.45) is 4.22. The number of pyridine rings is 1. The van der Waals surface area contributed by atoms with Crippen molar-refractivity contribution < 1.29 is 0 Å². The summed E-state index contributed by atoms with van der Waals surface area (Å²) in [6, 6.07) is 12.7. The minimum absolute atomic E-state index is 0.438. The molecule has 1 heterocycles. The Hall–Kier alpha value is -2.69. The number of hydrogen-bond acceptors (Lipinski definition) is 3. The molecule has 0 unspecified atom stereocenters. The highest BCUT2D eigenvalue weighted by molar-refractivity contribution is 6.35. The van der Waals surface area contributed by atoms with Crippen LogP contribution >= 0.6 is 0 Å². The van der Waals surface area contributed by atoms with Gasteiger partial charge in [-0.15, -0.1) is 5.47 Å². The first kappa shape index (κ1) is 25.4. The third-order valence-corrected chi connectivity index (χ3v) is 4.89. The fourth-order valence-electron chi connectivity index (χ4n) is 2.97. The van der Waals surface area contributed by atoms with Crippen LogP contribution in [-0.4, -0.2) is 31.4 Å². The van der Waals surface area contributed by atoms with Crippen molar-refractivity contribution in [2.75, 3.05) is 12.4 Å². The van der Waals surface area contributed by atoms with Crippen molar-refractivity contribution in [2.24, 2.45) is 10.9 Å². The van der Waals surface area contributed by atoms with E-state index in [4.69, 9.17) is 13.3 Å². The predicted molar refractivity (Wildman–Crippen MR) is 133 cm³/mol. The molecule has 0 aliphatic rings. The van der Waals surface area contributed by atoms with Crippen LogP contribution in [-0.2, 0) is 6.42 Å². The number of aryl methyl sites for hydroxylation is 1. The van der Waals surface area contributed by atoms with Crippen molar-refractivity contribution in [2.45, 2.75) is 54.4 Å². The number of aliphatic imine (C=N–C) groups is 1. The molecular formula is C25H35BN4. The maximum Gasteiger partial charge on any atom is 0.134 e. The molecule has 0 spiro atoms. The smallest absolute Gasteiger partial charge is 0.134 e. The SMILES string of the molecule is CC[C@@H](C)Cc1ccccc1.[B]/C(C)=C(\C(C)=N)c1cnc(NC(C)=NC)c(C)c1. The summed E-state index contributed by atoms with van der Waals surface area (Å²) in [5, 5.41) is 10.9. The third-order valence-electron chi connectivity index (χ3n) is 4.89. The lowest BCUT2D eigenvalue weighted by Gasteiger charge is -2.13. The van der Waals surface area contributed by atoms with Crippen molar-refractivity contribution in [3.05, 3.63) is 64.8 Å². The Balaban J connectivity index is 0.000000346. The molecule has 2 N–H and O–H groups in total. The summed E-state index contributed by atoms with van der Waals surface area (Å²) < 4.78 is 0. The molecule has 0 saturated carbocycles. The lowest BCUT2D eigenvalue weighted by atomic mass is 9.86. The van der Waals surface area contributed by atoms with Crippen LogP contribution in [0.1, 0.15) is 57.7 Å². The zero-order valence-electron chi connectivity index (χ0n) is 19.5. The van der Waals surface area contributed by atoms with Gasteiger partial charge in [0.25, 0.3) is 0 Å². The van der Waals surface area contributed by atoms with E-state index in [-0.39, 0.29) is 0 Å². The molecular weight excluding hydrogens is 367 g/mol. The zero-order valence-corrected chi connectivity index (χ0v) is 19.5. The molecule has 1 aromatic carbocycles. The molecule has 5 heteroatoms. The van der Waals surface area contributed by atoms with Gasteiger partial charge in [-0.1, -0.05) is 57.5 Å². The monoisotopic (exact) mass is 402 g/mol. The van der Waals surface area contributed by atoms with E-state index >= 15 is 0 Å². The lowest BCUT2D eigenvalue weighted by Crippen LogP contribution is -2.10. The Morgan fingerprint density at radius 2 is 1.83 bits per heavy atom. The number of benzene rings is 1. The summed E-state index contributed by atoms with van der Waals surface area (Å²) >= 11 is 0. The van der Waals surface area contributed by atoms with Gasteiger partial charge in [0.15, 0.2) is 0 Å². The number of hydrogen-bond donors (Lipinski definition) is 2. The lowest BCUT2D eigenvalue weighted by molar-refractivity contribution is 0.560. The van der Waals surface area contributed by atoms with E-state index in [1.165, 1.54) is 18.4 Å². The van der Waals surface area contributed by atoms with E-state index in [1.54, 1.807) is 27.1 Å². The molecule has 0 fully saturated rings. The fraction of sp³-hybridized carbons (Fsp3) is 0.400. The topological polar surface area (TPSA) is 61.1 Å². The Kier molecular flexibility index (Phi) is 10.8. The number of nitrogens with zero attached hydrogens (tertiary/aromatic N) is 2. The van der Waals surface area contributed by atoms with Gasteiger partial charge in [0.1, 0.15) is 13.7 Å². The average molecular weight is 402 g/mol. The molecule has 2 rings (SSSR count). The number of rotatable bonds is 6. The molecule has 0 amide bonds. The highest BCUT2D eigenvalue weighted by Gasteiger charge is 2.09. The van der Waals surface area contributed by atoms with Crippen LogP contribution in [0.25, 0.3) is 5.57 Å². The predicted octanol–water partition coefficient (Wildman–Crippen LogP) is 6.06. The number of aromatic nitrogens is 1. The van der Waals surface area contributed by atoms with Crippen molar-refractivity contribution in [1.29, 1.82) is 5.41 Å². The van der Waals surface area contributed by atoms with E-state index in [0.717, 1.165) is 34.3 Å². The summed E-state index contributed by atoms with van der Waals surface area (Å²) in [5.74, 6) is 2.39. The molecule has 1 atom stereocenters. The van der Waals surface area contributed by atoms with E-state index in [2.05, 4.69) is 59.5 Å². The Morgan fingerprint density at radius 3 is 2.30 bits per heavy atom. The van der Waals surface area contributed by atoms with Crippen LogP contribution in [0.4, 0.5) is 5.82 Å². The maximum absolute atomic E-state index is 7.79. The summed E-state index contributed by atoms with van der Waals surface area (Å²) in [6.45, 7) is 11.9. The van der Waals surface area contributed by atoms with Gasteiger partial charge in [0, 0.05) is 24.5 Å². The second-order valence-electron chi connectivity index (χ2n) is 7.71. The van der Waals surface area contributed by atoms with Crippen molar-refractivity contribution >= 4 is 30.8 Å². The van der Waals surface area contributed by atoms with Gasteiger partial charge in [0.05, 0.1) is 5.84 Å². The Morgan fingerprint density at radius 1 is 1.20 bits per heavy atom. The van der Waals surface area contributed by atoms with Gasteiger partial charge in [-0.2, -0.15) is 0 Å². The first-order valence-corrected chi connectivity index (χ1v) is 10.4. The first-order chi connectivity index (χ1) is 14.2. The Labute approximate surface area is 183 Å². The van der Waals surface area contributed by atoms with Crippen LogP contribution < -0.4 is 5.32 Å². The van der Waals surface area contributed by atoms with E-state index in [9.17, 15) is 0 Å². The third kappa shape index (κ3) is 8.36. The minimum Gasteiger partial charge on any atom is -0.329 e. The molecule has 0 saturated heterocycles. The second-order valence-corrected chi connectivity index (χ2v) is 7.71. The van der Waals surface area contributed by atoms with Crippen LogP contribution in [0.2, 0.25) is 0 Å². The number of amidine groups is 1. The Bertz CT molecular complexity index is 881. The van der Waals surface area contributed by atoms with Crippen molar-refractivity contribution in [3.63, 3.8) is 0 Å². The summed E-state index contributed by atoms with van der Waals surface area (Å²) in [5.41, 5.74) is 5.11. The molecule has 158 valence electrons. The van der Waals surface area contributed by atoms with E-state index < -0.39 is 0 Å². The fourth-order valence-corrected chi connectivity index (χ4v) is 2.97. The largest absolute Gasteiger partial charge is 0.329 e. The van der Waals surface area contributed by atoms with Gasteiger partial charge in [0.2, 0.25) is 0 Å². The van der Waals surface area contributed by atoms with Gasteiger partial charge < -0.3 is 10.7 Å². The van der Waals surface area contributed by atoms with Gasteiger partial charge in [-0.05, 0) is 55.9 Å². The van der Waals surface area contributed by atoms with E-state index in [1.807, 2.05) is 19.9 Å². The minimum atomic E-state index is 0.438.